The van der Waals surface area contributed by atoms with Crippen molar-refractivity contribution in [2.24, 2.45) is 11.7 Å². The van der Waals surface area contributed by atoms with Crippen molar-refractivity contribution in [1.82, 2.24) is 10.1 Å². The molecule has 1 unspecified atom stereocenters. The standard InChI is InChI=1S/C12H13BrClN3O/c1-6(2)10(15)11-16-12(18-17-11)8-5-7(14)3-4-9(8)13/h3-6,10H,15H2,1-2H3. The van der Waals surface area contributed by atoms with E-state index in [0.717, 1.165) is 10.0 Å². The second-order valence-corrected chi connectivity index (χ2v) is 5.64. The van der Waals surface area contributed by atoms with Gasteiger partial charge in [0.2, 0.25) is 0 Å². The summed E-state index contributed by atoms with van der Waals surface area (Å²) in [5.74, 6) is 1.17. The van der Waals surface area contributed by atoms with Crippen LogP contribution in [-0.4, -0.2) is 10.1 Å². The molecule has 0 aliphatic heterocycles. The Hall–Kier alpha value is -0.910. The van der Waals surface area contributed by atoms with E-state index in [1.807, 2.05) is 19.9 Å². The van der Waals surface area contributed by atoms with Crippen LogP contribution >= 0.6 is 27.5 Å². The molecular weight excluding hydrogens is 318 g/mol. The van der Waals surface area contributed by atoms with E-state index in [1.54, 1.807) is 12.1 Å². The van der Waals surface area contributed by atoms with Crippen molar-refractivity contribution in [2.45, 2.75) is 19.9 Å². The fourth-order valence-corrected chi connectivity index (χ4v) is 2.03. The number of nitrogens with two attached hydrogens (primary N) is 1. The Balaban J connectivity index is 2.38. The quantitative estimate of drug-likeness (QED) is 0.929. The van der Waals surface area contributed by atoms with Crippen molar-refractivity contribution in [2.75, 3.05) is 0 Å². The van der Waals surface area contributed by atoms with Crippen molar-refractivity contribution < 1.29 is 4.52 Å². The first-order chi connectivity index (χ1) is 8.49. The van der Waals surface area contributed by atoms with E-state index < -0.39 is 0 Å². The van der Waals surface area contributed by atoms with Crippen LogP contribution in [-0.2, 0) is 0 Å². The zero-order chi connectivity index (χ0) is 13.3. The van der Waals surface area contributed by atoms with Gasteiger partial charge in [-0.05, 0) is 40.0 Å². The third kappa shape index (κ3) is 2.74. The molecule has 2 rings (SSSR count). The molecule has 0 spiro atoms. The topological polar surface area (TPSA) is 64.9 Å². The molecule has 4 nitrogen and oxygen atoms in total. The van der Waals surface area contributed by atoms with Gasteiger partial charge in [0.25, 0.3) is 5.89 Å². The van der Waals surface area contributed by atoms with Crippen molar-refractivity contribution in [3.8, 4) is 11.5 Å². The lowest BCUT2D eigenvalue weighted by Gasteiger charge is -2.09. The molecule has 6 heteroatoms. The van der Waals surface area contributed by atoms with Gasteiger partial charge in [-0.15, -0.1) is 0 Å². The molecule has 18 heavy (non-hydrogen) atoms. The SMILES string of the molecule is CC(C)C(N)c1noc(-c2cc(Cl)ccc2Br)n1. The summed E-state index contributed by atoms with van der Waals surface area (Å²) in [6.07, 6.45) is 0. The van der Waals surface area contributed by atoms with Crippen molar-refractivity contribution in [3.63, 3.8) is 0 Å². The van der Waals surface area contributed by atoms with Gasteiger partial charge in [0.05, 0.1) is 11.6 Å². The zero-order valence-electron chi connectivity index (χ0n) is 10.0. The van der Waals surface area contributed by atoms with E-state index in [-0.39, 0.29) is 12.0 Å². The van der Waals surface area contributed by atoms with E-state index in [1.165, 1.54) is 0 Å². The molecular formula is C12H13BrClN3O. The van der Waals surface area contributed by atoms with Crippen LogP contribution in [0.5, 0.6) is 0 Å². The highest BCUT2D eigenvalue weighted by molar-refractivity contribution is 9.10. The summed E-state index contributed by atoms with van der Waals surface area (Å²) < 4.78 is 6.08. The smallest absolute Gasteiger partial charge is 0.259 e. The number of aromatic nitrogens is 2. The van der Waals surface area contributed by atoms with Crippen LogP contribution in [0, 0.1) is 5.92 Å². The van der Waals surface area contributed by atoms with Crippen LogP contribution in [0.4, 0.5) is 0 Å². The first-order valence-corrected chi connectivity index (χ1v) is 6.70. The van der Waals surface area contributed by atoms with Crippen LogP contribution in [0.1, 0.15) is 25.7 Å². The Bertz CT molecular complexity index is 556. The van der Waals surface area contributed by atoms with Crippen LogP contribution in [0.15, 0.2) is 27.2 Å². The normalized spacial score (nSPS) is 13.0. The van der Waals surface area contributed by atoms with E-state index in [4.69, 9.17) is 21.9 Å². The van der Waals surface area contributed by atoms with E-state index >= 15 is 0 Å². The average molecular weight is 331 g/mol. The van der Waals surface area contributed by atoms with Crippen molar-refractivity contribution in [1.29, 1.82) is 0 Å². The lowest BCUT2D eigenvalue weighted by atomic mass is 10.1. The van der Waals surface area contributed by atoms with Crippen LogP contribution < -0.4 is 5.73 Å². The molecule has 0 saturated carbocycles. The highest BCUT2D eigenvalue weighted by atomic mass is 79.9. The monoisotopic (exact) mass is 329 g/mol. The molecule has 0 bridgehead atoms. The average Bonchev–Trinajstić information content (AvgIpc) is 2.80. The number of halogens is 2. The van der Waals surface area contributed by atoms with Gasteiger partial charge in [0.1, 0.15) is 0 Å². The molecule has 0 aliphatic rings. The van der Waals surface area contributed by atoms with Gasteiger partial charge in [-0.3, -0.25) is 0 Å². The summed E-state index contributed by atoms with van der Waals surface area (Å²) in [4.78, 5) is 4.31. The zero-order valence-corrected chi connectivity index (χ0v) is 12.4. The summed E-state index contributed by atoms with van der Waals surface area (Å²) in [6.45, 7) is 4.02. The molecule has 0 radical (unpaired) electrons. The van der Waals surface area contributed by atoms with Crippen LogP contribution in [0.25, 0.3) is 11.5 Å². The molecule has 96 valence electrons. The predicted octanol–water partition coefficient (Wildman–Crippen LogP) is 3.81. The maximum atomic E-state index is 5.97. The Morgan fingerprint density at radius 2 is 2.11 bits per heavy atom. The number of hydrogen-bond donors (Lipinski definition) is 1. The van der Waals surface area contributed by atoms with Gasteiger partial charge >= 0.3 is 0 Å². The Kier molecular flexibility index (Phi) is 4.04. The van der Waals surface area contributed by atoms with Gasteiger partial charge in [0, 0.05) is 9.50 Å². The van der Waals surface area contributed by atoms with E-state index in [2.05, 4.69) is 26.1 Å². The Morgan fingerprint density at radius 1 is 1.39 bits per heavy atom. The summed E-state index contributed by atoms with van der Waals surface area (Å²) in [7, 11) is 0. The minimum Gasteiger partial charge on any atom is -0.334 e. The Morgan fingerprint density at radius 3 is 2.78 bits per heavy atom. The molecule has 0 aliphatic carbocycles. The second kappa shape index (κ2) is 5.38. The first-order valence-electron chi connectivity index (χ1n) is 5.53. The van der Waals surface area contributed by atoms with E-state index in [9.17, 15) is 0 Å². The fraction of sp³-hybridized carbons (Fsp3) is 0.333. The minimum atomic E-state index is -0.236. The molecule has 2 aromatic rings. The summed E-state index contributed by atoms with van der Waals surface area (Å²) in [6, 6.07) is 5.15. The molecule has 0 saturated heterocycles. The third-order valence-electron chi connectivity index (χ3n) is 2.62. The van der Waals surface area contributed by atoms with Gasteiger partial charge in [-0.25, -0.2) is 0 Å². The summed E-state index contributed by atoms with van der Waals surface area (Å²) in [5.41, 5.74) is 6.74. The Labute approximate surface area is 119 Å². The molecule has 0 fully saturated rings. The van der Waals surface area contributed by atoms with Crippen molar-refractivity contribution in [3.05, 3.63) is 33.5 Å². The lowest BCUT2D eigenvalue weighted by molar-refractivity contribution is 0.400. The number of rotatable bonds is 3. The van der Waals surface area contributed by atoms with Crippen molar-refractivity contribution >= 4 is 27.5 Å². The first kappa shape index (κ1) is 13.5. The van der Waals surface area contributed by atoms with Crippen LogP contribution in [0.3, 0.4) is 0 Å². The van der Waals surface area contributed by atoms with E-state index in [0.29, 0.717) is 16.7 Å². The second-order valence-electron chi connectivity index (χ2n) is 4.35. The van der Waals surface area contributed by atoms with Crippen LogP contribution in [0.2, 0.25) is 5.02 Å². The summed E-state index contributed by atoms with van der Waals surface area (Å²) in [5, 5.41) is 4.52. The van der Waals surface area contributed by atoms with Gasteiger partial charge in [-0.2, -0.15) is 4.98 Å². The molecule has 1 atom stereocenters. The third-order valence-corrected chi connectivity index (χ3v) is 3.54. The maximum absolute atomic E-state index is 5.97. The predicted molar refractivity (Wildman–Crippen MR) is 74.2 cm³/mol. The minimum absolute atomic E-state index is 0.236. The number of nitrogens with zero attached hydrogens (tertiary/aromatic N) is 2. The van der Waals surface area contributed by atoms with Gasteiger partial charge < -0.3 is 10.3 Å². The highest BCUT2D eigenvalue weighted by Gasteiger charge is 2.19. The fourth-order valence-electron chi connectivity index (χ4n) is 1.44. The lowest BCUT2D eigenvalue weighted by Crippen LogP contribution is -2.18. The largest absolute Gasteiger partial charge is 0.334 e. The molecule has 0 amide bonds. The summed E-state index contributed by atoms with van der Waals surface area (Å²) >= 11 is 9.38. The molecule has 2 N–H and O–H groups in total. The van der Waals surface area contributed by atoms with Gasteiger partial charge in [-0.1, -0.05) is 30.6 Å². The highest BCUT2D eigenvalue weighted by Crippen LogP contribution is 2.30. The molecule has 1 heterocycles. The molecule has 1 aromatic heterocycles. The number of hydrogen-bond acceptors (Lipinski definition) is 4. The van der Waals surface area contributed by atoms with Gasteiger partial charge in [0.15, 0.2) is 5.82 Å². The maximum Gasteiger partial charge on any atom is 0.259 e. The number of benzene rings is 1. The molecule has 1 aromatic carbocycles.